The third kappa shape index (κ3) is 2.68. The summed E-state index contributed by atoms with van der Waals surface area (Å²) in [5, 5.41) is 1.07. The lowest BCUT2D eigenvalue weighted by Crippen LogP contribution is -2.02. The van der Waals surface area contributed by atoms with Gasteiger partial charge < -0.3 is 14.2 Å². The van der Waals surface area contributed by atoms with Gasteiger partial charge in [0, 0.05) is 12.5 Å². The fraction of sp³-hybridized carbons (Fsp3) is 0.235. The third-order valence-electron chi connectivity index (χ3n) is 3.28. The van der Waals surface area contributed by atoms with Crippen molar-refractivity contribution in [2.24, 2.45) is 0 Å². The van der Waals surface area contributed by atoms with Crippen molar-refractivity contribution in [1.29, 1.82) is 0 Å². The number of hydrogen-bond donors (Lipinski definition) is 0. The van der Waals surface area contributed by atoms with Gasteiger partial charge >= 0.3 is 0 Å². The van der Waals surface area contributed by atoms with E-state index in [1.54, 1.807) is 13.2 Å². The highest BCUT2D eigenvalue weighted by atomic mass is 16.7. The second-order valence-corrected chi connectivity index (χ2v) is 4.71. The maximum Gasteiger partial charge on any atom is 0.229 e. The van der Waals surface area contributed by atoms with E-state index in [4.69, 9.17) is 19.2 Å². The normalized spacial score (nSPS) is 18.7. The van der Waals surface area contributed by atoms with Crippen LogP contribution in [0.25, 0.3) is 16.7 Å². The Labute approximate surface area is 123 Å². The van der Waals surface area contributed by atoms with Gasteiger partial charge in [0.25, 0.3) is 0 Å². The Morgan fingerprint density at radius 3 is 3.00 bits per heavy atom. The number of hydrogen-bond acceptors (Lipinski definition) is 4. The number of rotatable bonds is 5. The number of ether oxygens (including phenoxy) is 3. The van der Waals surface area contributed by atoms with Gasteiger partial charge in [0.2, 0.25) is 6.29 Å². The van der Waals surface area contributed by atoms with Crippen LogP contribution in [0.1, 0.15) is 17.5 Å². The summed E-state index contributed by atoms with van der Waals surface area (Å²) in [5.74, 6) is 0.701. The van der Waals surface area contributed by atoms with Crippen molar-refractivity contribution in [3.8, 4) is 0 Å². The van der Waals surface area contributed by atoms with Crippen LogP contribution in [0.2, 0.25) is 0 Å². The molecule has 2 heterocycles. The first-order valence-electron chi connectivity index (χ1n) is 6.82. The number of aromatic nitrogens is 1. The number of benzene rings is 1. The highest BCUT2D eigenvalue weighted by Crippen LogP contribution is 2.39. The molecule has 2 aromatic rings. The van der Waals surface area contributed by atoms with Crippen LogP contribution in [0.15, 0.2) is 49.1 Å². The molecule has 0 amide bonds. The van der Waals surface area contributed by atoms with Gasteiger partial charge in [-0.3, -0.25) is 0 Å². The summed E-state index contributed by atoms with van der Waals surface area (Å²) >= 11 is 0. The molecule has 0 bridgehead atoms. The van der Waals surface area contributed by atoms with E-state index in [2.05, 4.69) is 12.6 Å². The minimum absolute atomic E-state index is 0.425. The van der Waals surface area contributed by atoms with Crippen molar-refractivity contribution in [1.82, 2.24) is 4.98 Å². The second-order valence-electron chi connectivity index (χ2n) is 4.71. The molecule has 4 heteroatoms. The van der Waals surface area contributed by atoms with Crippen molar-refractivity contribution in [2.75, 3.05) is 20.3 Å². The SMILES string of the molecule is C=CCOC1O/C(=C/COC)c2nc3ccccc3cc21. The van der Waals surface area contributed by atoms with E-state index in [9.17, 15) is 0 Å². The highest BCUT2D eigenvalue weighted by Gasteiger charge is 2.30. The smallest absolute Gasteiger partial charge is 0.229 e. The van der Waals surface area contributed by atoms with Crippen LogP contribution in [-0.4, -0.2) is 25.3 Å². The number of methoxy groups -OCH3 is 1. The Bertz CT molecular complexity index is 693. The second kappa shape index (κ2) is 6.08. The van der Waals surface area contributed by atoms with E-state index in [0.29, 0.717) is 19.0 Å². The molecule has 0 saturated carbocycles. The number of nitrogens with zero attached hydrogens (tertiary/aromatic N) is 1. The minimum Gasteiger partial charge on any atom is -0.458 e. The predicted octanol–water partition coefficient (Wildman–Crippen LogP) is 3.45. The molecule has 1 aromatic carbocycles. The topological polar surface area (TPSA) is 40.6 Å². The third-order valence-corrected chi connectivity index (χ3v) is 3.28. The van der Waals surface area contributed by atoms with E-state index in [1.807, 2.05) is 30.3 Å². The molecular formula is C17H17NO3. The van der Waals surface area contributed by atoms with Crippen molar-refractivity contribution >= 4 is 16.7 Å². The Balaban J connectivity index is 2.06. The summed E-state index contributed by atoms with van der Waals surface area (Å²) in [6.07, 6.45) is 3.13. The van der Waals surface area contributed by atoms with Gasteiger partial charge in [0.15, 0.2) is 0 Å². The average Bonchev–Trinajstić information content (AvgIpc) is 2.86. The van der Waals surface area contributed by atoms with Crippen molar-refractivity contribution in [3.05, 3.63) is 60.3 Å². The molecule has 3 rings (SSSR count). The Hall–Kier alpha value is -2.17. The first-order chi connectivity index (χ1) is 10.3. The molecule has 0 aliphatic carbocycles. The van der Waals surface area contributed by atoms with Crippen LogP contribution in [0.3, 0.4) is 0 Å². The van der Waals surface area contributed by atoms with Crippen LogP contribution in [-0.2, 0) is 14.2 Å². The Morgan fingerprint density at radius 2 is 2.19 bits per heavy atom. The highest BCUT2D eigenvalue weighted by molar-refractivity contribution is 5.82. The fourth-order valence-electron chi connectivity index (χ4n) is 2.33. The van der Waals surface area contributed by atoms with E-state index in [0.717, 1.165) is 22.2 Å². The summed E-state index contributed by atoms with van der Waals surface area (Å²) in [6.45, 7) is 4.56. The molecule has 108 valence electrons. The van der Waals surface area contributed by atoms with E-state index < -0.39 is 6.29 Å². The number of para-hydroxylation sites is 1. The zero-order chi connectivity index (χ0) is 14.7. The fourth-order valence-corrected chi connectivity index (χ4v) is 2.33. The number of pyridine rings is 1. The quantitative estimate of drug-likeness (QED) is 0.788. The summed E-state index contributed by atoms with van der Waals surface area (Å²) in [6, 6.07) is 10.1. The molecule has 0 saturated heterocycles. The molecule has 4 nitrogen and oxygen atoms in total. The van der Waals surface area contributed by atoms with Gasteiger partial charge in [-0.2, -0.15) is 0 Å². The molecule has 1 aliphatic heterocycles. The predicted molar refractivity (Wildman–Crippen MR) is 81.6 cm³/mol. The standard InChI is InChI=1S/C17H17NO3/c1-3-9-20-17-13-11-12-6-4-5-7-14(12)18-16(13)15(21-17)8-10-19-2/h3-8,11,17H,1,9-10H2,2H3/b15-8+. The summed E-state index contributed by atoms with van der Waals surface area (Å²) in [7, 11) is 1.65. The van der Waals surface area contributed by atoms with Crippen LogP contribution in [0.5, 0.6) is 0 Å². The molecule has 0 fully saturated rings. The van der Waals surface area contributed by atoms with Gasteiger partial charge in [-0.25, -0.2) is 4.98 Å². The monoisotopic (exact) mass is 283 g/mol. The Morgan fingerprint density at radius 1 is 1.33 bits per heavy atom. The molecule has 21 heavy (non-hydrogen) atoms. The molecule has 1 unspecified atom stereocenters. The maximum atomic E-state index is 5.86. The lowest BCUT2D eigenvalue weighted by Gasteiger charge is -2.11. The van der Waals surface area contributed by atoms with E-state index in [1.165, 1.54) is 0 Å². The van der Waals surface area contributed by atoms with E-state index >= 15 is 0 Å². The van der Waals surface area contributed by atoms with Crippen LogP contribution >= 0.6 is 0 Å². The van der Waals surface area contributed by atoms with Gasteiger partial charge in [-0.1, -0.05) is 24.3 Å². The van der Waals surface area contributed by atoms with Crippen LogP contribution < -0.4 is 0 Å². The first kappa shape index (κ1) is 13.8. The van der Waals surface area contributed by atoms with Gasteiger partial charge in [0.05, 0.1) is 24.3 Å². The summed E-state index contributed by atoms with van der Waals surface area (Å²) in [4.78, 5) is 4.69. The molecule has 1 aromatic heterocycles. The number of fused-ring (bicyclic) bond motifs is 2. The van der Waals surface area contributed by atoms with Gasteiger partial charge in [-0.15, -0.1) is 6.58 Å². The largest absolute Gasteiger partial charge is 0.458 e. The molecular weight excluding hydrogens is 266 g/mol. The molecule has 1 atom stereocenters. The summed E-state index contributed by atoms with van der Waals surface area (Å²) < 4.78 is 16.6. The molecule has 0 spiro atoms. The van der Waals surface area contributed by atoms with Gasteiger partial charge in [-0.05, 0) is 18.2 Å². The Kier molecular flexibility index (Phi) is 3.99. The summed E-state index contributed by atoms with van der Waals surface area (Å²) in [5.41, 5.74) is 2.70. The average molecular weight is 283 g/mol. The van der Waals surface area contributed by atoms with E-state index in [-0.39, 0.29) is 0 Å². The zero-order valence-electron chi connectivity index (χ0n) is 11.9. The zero-order valence-corrected chi connectivity index (χ0v) is 11.9. The van der Waals surface area contributed by atoms with Crippen molar-refractivity contribution in [2.45, 2.75) is 6.29 Å². The van der Waals surface area contributed by atoms with Gasteiger partial charge in [0.1, 0.15) is 11.5 Å². The maximum absolute atomic E-state index is 5.86. The van der Waals surface area contributed by atoms with Crippen LogP contribution in [0, 0.1) is 0 Å². The van der Waals surface area contributed by atoms with Crippen molar-refractivity contribution < 1.29 is 14.2 Å². The lowest BCUT2D eigenvalue weighted by molar-refractivity contribution is -0.0806. The minimum atomic E-state index is -0.446. The molecule has 0 N–H and O–H groups in total. The molecule has 0 radical (unpaired) electrons. The first-order valence-corrected chi connectivity index (χ1v) is 6.82. The lowest BCUT2D eigenvalue weighted by atomic mass is 10.1. The van der Waals surface area contributed by atoms with Crippen molar-refractivity contribution in [3.63, 3.8) is 0 Å². The molecule has 1 aliphatic rings. The van der Waals surface area contributed by atoms with Crippen LogP contribution in [0.4, 0.5) is 0 Å².